The Morgan fingerprint density at radius 1 is 1.35 bits per heavy atom. The van der Waals surface area contributed by atoms with Crippen LogP contribution in [-0.4, -0.2) is 43.5 Å². The van der Waals surface area contributed by atoms with Crippen LogP contribution >= 0.6 is 0 Å². The quantitative estimate of drug-likeness (QED) is 0.800. The number of esters is 1. The molecule has 0 spiro atoms. The summed E-state index contributed by atoms with van der Waals surface area (Å²) in [6.07, 6.45) is -1.05. The number of carbonyl (C=O) groups excluding carboxylic acids is 2. The number of rotatable bonds is 4. The standard InChI is InChI=1S/C14H25NO5/c1-6-19-12(16)9-7-10(11(8-9)18-5)15-13(17)20-14(2,3)4/h9-11H,6-8H2,1-5H3,(H,15,17)/t9?,10-,11+/m0/s1/i5D3. The van der Waals surface area contributed by atoms with Gasteiger partial charge in [0.15, 0.2) is 0 Å². The fraction of sp³-hybridized carbons (Fsp3) is 0.857. The second-order valence-corrected chi connectivity index (χ2v) is 5.83. The van der Waals surface area contributed by atoms with Gasteiger partial charge in [-0.05, 0) is 40.5 Å². The Morgan fingerprint density at radius 2 is 2.05 bits per heavy atom. The molecule has 1 saturated carbocycles. The lowest BCUT2D eigenvalue weighted by Crippen LogP contribution is -2.43. The normalized spacial score (nSPS) is 29.0. The second kappa shape index (κ2) is 6.92. The fourth-order valence-electron chi connectivity index (χ4n) is 2.19. The zero-order valence-electron chi connectivity index (χ0n) is 15.4. The molecule has 0 saturated heterocycles. The molecule has 0 aromatic rings. The highest BCUT2D eigenvalue weighted by molar-refractivity contribution is 5.73. The molecule has 1 aliphatic rings. The van der Waals surface area contributed by atoms with Gasteiger partial charge in [-0.3, -0.25) is 4.79 Å². The number of ether oxygens (including phenoxy) is 3. The minimum Gasteiger partial charge on any atom is -0.466 e. The predicted molar refractivity (Wildman–Crippen MR) is 73.3 cm³/mol. The Hall–Kier alpha value is -1.30. The summed E-state index contributed by atoms with van der Waals surface area (Å²) in [5.74, 6) is -0.928. The Kier molecular flexibility index (Phi) is 4.31. The number of alkyl carbamates (subject to hydrolysis) is 1. The van der Waals surface area contributed by atoms with Crippen molar-refractivity contribution in [3.05, 3.63) is 0 Å². The van der Waals surface area contributed by atoms with Gasteiger partial charge in [0.25, 0.3) is 0 Å². The molecule has 1 aliphatic carbocycles. The van der Waals surface area contributed by atoms with Crippen molar-refractivity contribution in [3.8, 4) is 0 Å². The maximum atomic E-state index is 11.9. The van der Waals surface area contributed by atoms with Crippen LogP contribution < -0.4 is 5.32 Å². The van der Waals surface area contributed by atoms with Gasteiger partial charge in [0.05, 0.1) is 28.8 Å². The van der Waals surface area contributed by atoms with E-state index in [1.807, 2.05) is 0 Å². The minimum absolute atomic E-state index is 0.178. The SMILES string of the molecule is [2H]C([2H])([2H])O[C@@H]1CC(C(=O)OCC)C[C@@H]1NC(=O)OC(C)(C)C. The van der Waals surface area contributed by atoms with Crippen molar-refractivity contribution >= 4 is 12.1 Å². The molecule has 0 bridgehead atoms. The van der Waals surface area contributed by atoms with Crippen molar-refractivity contribution < 1.29 is 27.9 Å². The molecule has 0 aromatic carbocycles. The van der Waals surface area contributed by atoms with Crippen LogP contribution in [0.2, 0.25) is 0 Å². The molecule has 1 fully saturated rings. The number of amides is 1. The van der Waals surface area contributed by atoms with E-state index in [9.17, 15) is 9.59 Å². The third-order valence-corrected chi connectivity index (χ3v) is 2.98. The van der Waals surface area contributed by atoms with Gasteiger partial charge in [0.2, 0.25) is 0 Å². The summed E-state index contributed by atoms with van der Waals surface area (Å²) >= 11 is 0. The van der Waals surface area contributed by atoms with Crippen molar-refractivity contribution in [2.45, 2.75) is 58.3 Å². The number of hydrogen-bond donors (Lipinski definition) is 1. The third-order valence-electron chi connectivity index (χ3n) is 2.98. The summed E-state index contributed by atoms with van der Waals surface area (Å²) in [5.41, 5.74) is -0.677. The first-order valence-corrected chi connectivity index (χ1v) is 6.75. The summed E-state index contributed by atoms with van der Waals surface area (Å²) in [6.45, 7) is 7.10. The molecule has 0 aromatic heterocycles. The lowest BCUT2D eigenvalue weighted by molar-refractivity contribution is -0.148. The van der Waals surface area contributed by atoms with E-state index in [1.54, 1.807) is 27.7 Å². The Bertz CT molecular complexity index is 433. The highest BCUT2D eigenvalue weighted by atomic mass is 16.6. The first kappa shape index (κ1) is 12.4. The van der Waals surface area contributed by atoms with Gasteiger partial charge in [-0.2, -0.15) is 0 Å². The summed E-state index contributed by atoms with van der Waals surface area (Å²) < 4.78 is 36.8. The summed E-state index contributed by atoms with van der Waals surface area (Å²) in [7, 11) is -2.61. The molecule has 0 heterocycles. The molecule has 116 valence electrons. The van der Waals surface area contributed by atoms with E-state index in [1.165, 1.54) is 0 Å². The zero-order valence-corrected chi connectivity index (χ0v) is 12.4. The zero-order chi connectivity index (χ0) is 17.8. The van der Waals surface area contributed by atoms with Gasteiger partial charge >= 0.3 is 12.1 Å². The molecule has 6 heteroatoms. The third kappa shape index (κ3) is 5.00. The largest absolute Gasteiger partial charge is 0.466 e. The molecule has 1 unspecified atom stereocenters. The Morgan fingerprint density at radius 3 is 2.60 bits per heavy atom. The number of carbonyl (C=O) groups is 2. The van der Waals surface area contributed by atoms with Crippen molar-refractivity contribution in [2.75, 3.05) is 13.6 Å². The predicted octanol–water partition coefficient (Wildman–Crippen LogP) is 1.87. The van der Waals surface area contributed by atoms with Crippen molar-refractivity contribution in [1.29, 1.82) is 0 Å². The lowest BCUT2D eigenvalue weighted by Gasteiger charge is -2.24. The summed E-state index contributed by atoms with van der Waals surface area (Å²) in [5, 5.41) is 2.59. The number of hydrogen-bond acceptors (Lipinski definition) is 5. The van der Waals surface area contributed by atoms with E-state index in [2.05, 4.69) is 5.32 Å². The summed E-state index contributed by atoms with van der Waals surface area (Å²) in [6, 6.07) is -0.625. The van der Waals surface area contributed by atoms with Crippen LogP contribution in [0.4, 0.5) is 4.79 Å². The lowest BCUT2D eigenvalue weighted by atomic mass is 10.1. The smallest absolute Gasteiger partial charge is 0.407 e. The van der Waals surface area contributed by atoms with E-state index in [4.69, 9.17) is 18.3 Å². The minimum atomic E-state index is -2.61. The topological polar surface area (TPSA) is 73.9 Å². The molecule has 6 nitrogen and oxygen atoms in total. The molecule has 1 N–H and O–H groups in total. The van der Waals surface area contributed by atoms with Gasteiger partial charge < -0.3 is 19.5 Å². The van der Waals surface area contributed by atoms with Gasteiger partial charge in [-0.15, -0.1) is 0 Å². The van der Waals surface area contributed by atoms with Crippen LogP contribution in [0, 0.1) is 5.92 Å². The molecule has 20 heavy (non-hydrogen) atoms. The van der Waals surface area contributed by atoms with Crippen LogP contribution in [0.3, 0.4) is 0 Å². The van der Waals surface area contributed by atoms with Gasteiger partial charge in [-0.25, -0.2) is 4.79 Å². The van der Waals surface area contributed by atoms with Crippen LogP contribution in [0.25, 0.3) is 0 Å². The van der Waals surface area contributed by atoms with Crippen LogP contribution in [0.1, 0.15) is 44.6 Å². The average molecular weight is 290 g/mol. The second-order valence-electron chi connectivity index (χ2n) is 5.83. The highest BCUT2D eigenvalue weighted by Gasteiger charge is 2.40. The van der Waals surface area contributed by atoms with Crippen molar-refractivity contribution in [2.24, 2.45) is 5.92 Å². The molecule has 1 amide bonds. The monoisotopic (exact) mass is 290 g/mol. The average Bonchev–Trinajstić information content (AvgIpc) is 2.67. The van der Waals surface area contributed by atoms with E-state index in [0.29, 0.717) is 0 Å². The van der Waals surface area contributed by atoms with Crippen LogP contribution in [-0.2, 0) is 19.0 Å². The molecule has 1 rings (SSSR count). The molecular formula is C14H25NO5. The van der Waals surface area contributed by atoms with Gasteiger partial charge in [-0.1, -0.05) is 0 Å². The molecule has 0 radical (unpaired) electrons. The highest BCUT2D eigenvalue weighted by Crippen LogP contribution is 2.29. The molecular weight excluding hydrogens is 262 g/mol. The number of methoxy groups -OCH3 is 1. The van der Waals surface area contributed by atoms with E-state index in [-0.39, 0.29) is 19.4 Å². The maximum Gasteiger partial charge on any atom is 0.407 e. The number of nitrogens with one attached hydrogen (secondary N) is 1. The van der Waals surface area contributed by atoms with Crippen LogP contribution in [0.5, 0.6) is 0 Å². The maximum absolute atomic E-state index is 11.9. The van der Waals surface area contributed by atoms with E-state index >= 15 is 0 Å². The van der Waals surface area contributed by atoms with E-state index < -0.39 is 42.8 Å². The summed E-state index contributed by atoms with van der Waals surface area (Å²) in [4.78, 5) is 23.7. The Balaban J connectivity index is 2.74. The first-order chi connectivity index (χ1) is 10.4. The van der Waals surface area contributed by atoms with Crippen molar-refractivity contribution in [3.63, 3.8) is 0 Å². The fourth-order valence-corrected chi connectivity index (χ4v) is 2.19. The van der Waals surface area contributed by atoms with Gasteiger partial charge in [0.1, 0.15) is 5.60 Å². The molecule has 3 atom stereocenters. The molecule has 0 aliphatic heterocycles. The first-order valence-electron chi connectivity index (χ1n) is 8.25. The van der Waals surface area contributed by atoms with Gasteiger partial charge in [0, 0.05) is 7.04 Å². The van der Waals surface area contributed by atoms with E-state index in [0.717, 1.165) is 0 Å². The van der Waals surface area contributed by atoms with Crippen molar-refractivity contribution in [1.82, 2.24) is 5.32 Å². The Labute approximate surface area is 124 Å². The van der Waals surface area contributed by atoms with Crippen LogP contribution in [0.15, 0.2) is 0 Å².